The summed E-state index contributed by atoms with van der Waals surface area (Å²) in [4.78, 5) is 25.5. The number of amides is 3. The number of urea groups is 1. The Morgan fingerprint density at radius 2 is 2.13 bits per heavy atom. The Labute approximate surface area is 133 Å². The standard InChI is InChI=1S/C16H19F2N3O2/c1-16(14(22)19-15(23)20-16)11-5-3-7-21(9-11)8-10-4-2-6-12(17)13(10)18/h2,4,6,11H,3,5,7-9H2,1H3,(H2,19,20,22,23)/t11-,16-/m1/s1. The number of nitrogens with zero attached hydrogens (tertiary/aromatic N) is 1. The molecule has 2 aliphatic heterocycles. The molecule has 0 spiro atoms. The number of hydrogen-bond donors (Lipinski definition) is 2. The molecule has 2 N–H and O–H groups in total. The van der Waals surface area contributed by atoms with Crippen molar-refractivity contribution in [3.05, 3.63) is 35.4 Å². The predicted molar refractivity (Wildman–Crippen MR) is 79.4 cm³/mol. The third-order valence-electron chi connectivity index (χ3n) is 4.82. The van der Waals surface area contributed by atoms with Crippen molar-refractivity contribution in [2.24, 2.45) is 5.92 Å². The first-order chi connectivity index (χ1) is 10.9. The molecule has 0 aliphatic carbocycles. The van der Waals surface area contributed by atoms with Gasteiger partial charge in [0, 0.05) is 24.6 Å². The van der Waals surface area contributed by atoms with Crippen LogP contribution in [-0.2, 0) is 11.3 Å². The highest BCUT2D eigenvalue weighted by Gasteiger charge is 2.48. The maximum Gasteiger partial charge on any atom is 0.322 e. The van der Waals surface area contributed by atoms with Gasteiger partial charge in [0.05, 0.1) is 0 Å². The van der Waals surface area contributed by atoms with E-state index < -0.39 is 23.2 Å². The van der Waals surface area contributed by atoms with Gasteiger partial charge in [0.1, 0.15) is 5.54 Å². The van der Waals surface area contributed by atoms with Crippen LogP contribution in [-0.4, -0.2) is 35.5 Å². The Hall–Kier alpha value is -2.02. The molecule has 2 saturated heterocycles. The van der Waals surface area contributed by atoms with E-state index in [0.29, 0.717) is 12.1 Å². The van der Waals surface area contributed by atoms with E-state index in [0.717, 1.165) is 25.5 Å². The zero-order valence-electron chi connectivity index (χ0n) is 12.9. The van der Waals surface area contributed by atoms with Gasteiger partial charge in [-0.2, -0.15) is 0 Å². The van der Waals surface area contributed by atoms with Gasteiger partial charge < -0.3 is 5.32 Å². The van der Waals surface area contributed by atoms with Crippen LogP contribution in [0.2, 0.25) is 0 Å². The van der Waals surface area contributed by atoms with Crippen molar-refractivity contribution in [1.82, 2.24) is 15.5 Å². The maximum absolute atomic E-state index is 13.8. The Balaban J connectivity index is 1.73. The van der Waals surface area contributed by atoms with Gasteiger partial charge in [0.2, 0.25) is 0 Å². The average Bonchev–Trinajstić information content (AvgIpc) is 2.78. The fourth-order valence-electron chi connectivity index (χ4n) is 3.43. The molecule has 0 unspecified atom stereocenters. The number of nitrogens with one attached hydrogen (secondary N) is 2. The summed E-state index contributed by atoms with van der Waals surface area (Å²) >= 11 is 0. The molecule has 5 nitrogen and oxygen atoms in total. The van der Waals surface area contributed by atoms with Gasteiger partial charge in [0.25, 0.3) is 5.91 Å². The monoisotopic (exact) mass is 323 g/mol. The van der Waals surface area contributed by atoms with E-state index >= 15 is 0 Å². The number of carbonyl (C=O) groups excluding carboxylic acids is 2. The molecule has 23 heavy (non-hydrogen) atoms. The minimum Gasteiger partial charge on any atom is -0.323 e. The summed E-state index contributed by atoms with van der Waals surface area (Å²) in [6, 6.07) is 3.66. The number of hydrogen-bond acceptors (Lipinski definition) is 3. The molecule has 0 aromatic heterocycles. The van der Waals surface area contributed by atoms with Crippen LogP contribution in [0.1, 0.15) is 25.3 Å². The van der Waals surface area contributed by atoms with Gasteiger partial charge in [-0.15, -0.1) is 0 Å². The van der Waals surface area contributed by atoms with E-state index in [-0.39, 0.29) is 18.4 Å². The largest absolute Gasteiger partial charge is 0.323 e. The lowest BCUT2D eigenvalue weighted by atomic mass is 9.80. The third-order valence-corrected chi connectivity index (χ3v) is 4.82. The lowest BCUT2D eigenvalue weighted by Gasteiger charge is -2.39. The molecule has 3 amide bonds. The highest BCUT2D eigenvalue weighted by molar-refractivity contribution is 6.06. The molecular formula is C16H19F2N3O2. The van der Waals surface area contributed by atoms with Crippen molar-refractivity contribution in [1.29, 1.82) is 0 Å². The minimum absolute atomic E-state index is 0.0701. The lowest BCUT2D eigenvalue weighted by Crippen LogP contribution is -2.55. The van der Waals surface area contributed by atoms with Gasteiger partial charge in [0.15, 0.2) is 11.6 Å². The zero-order chi connectivity index (χ0) is 16.6. The van der Waals surface area contributed by atoms with E-state index in [1.54, 1.807) is 13.0 Å². The molecule has 2 aliphatic rings. The van der Waals surface area contributed by atoms with E-state index in [2.05, 4.69) is 10.6 Å². The highest BCUT2D eigenvalue weighted by Crippen LogP contribution is 2.30. The second-order valence-electron chi connectivity index (χ2n) is 6.40. The molecular weight excluding hydrogens is 304 g/mol. The first kappa shape index (κ1) is 15.9. The van der Waals surface area contributed by atoms with Crippen molar-refractivity contribution in [3.8, 4) is 0 Å². The van der Waals surface area contributed by atoms with E-state index in [4.69, 9.17) is 0 Å². The Bertz CT molecular complexity index is 652. The number of piperidine rings is 1. The van der Waals surface area contributed by atoms with Crippen LogP contribution in [0, 0.1) is 17.6 Å². The quantitative estimate of drug-likeness (QED) is 0.834. The lowest BCUT2D eigenvalue weighted by molar-refractivity contribution is -0.126. The van der Waals surface area contributed by atoms with Crippen LogP contribution in [0.4, 0.5) is 13.6 Å². The molecule has 0 saturated carbocycles. The van der Waals surface area contributed by atoms with Crippen molar-refractivity contribution < 1.29 is 18.4 Å². The molecule has 1 aromatic carbocycles. The number of benzene rings is 1. The SMILES string of the molecule is C[C@]1([C@@H]2CCCN(Cc3cccc(F)c3F)C2)NC(=O)NC1=O. The molecule has 2 fully saturated rings. The summed E-state index contributed by atoms with van der Waals surface area (Å²) in [5.41, 5.74) is -0.647. The predicted octanol–water partition coefficient (Wildman–Crippen LogP) is 1.77. The van der Waals surface area contributed by atoms with E-state index in [1.807, 2.05) is 4.90 Å². The molecule has 0 bridgehead atoms. The van der Waals surface area contributed by atoms with Crippen LogP contribution in [0.3, 0.4) is 0 Å². The smallest absolute Gasteiger partial charge is 0.322 e. The molecule has 1 aromatic rings. The second kappa shape index (κ2) is 5.88. The molecule has 2 atom stereocenters. The number of imide groups is 1. The average molecular weight is 323 g/mol. The topological polar surface area (TPSA) is 61.4 Å². The van der Waals surface area contributed by atoms with Gasteiger partial charge in [-0.25, -0.2) is 13.6 Å². The summed E-state index contributed by atoms with van der Waals surface area (Å²) in [6.07, 6.45) is 1.63. The third kappa shape index (κ3) is 2.93. The summed E-state index contributed by atoms with van der Waals surface area (Å²) in [6.45, 7) is 3.29. The van der Waals surface area contributed by atoms with Crippen molar-refractivity contribution in [2.45, 2.75) is 31.8 Å². The fraction of sp³-hybridized carbons (Fsp3) is 0.500. The zero-order valence-corrected chi connectivity index (χ0v) is 12.9. The van der Waals surface area contributed by atoms with Crippen molar-refractivity contribution in [2.75, 3.05) is 13.1 Å². The van der Waals surface area contributed by atoms with Gasteiger partial charge in [-0.05, 0) is 32.4 Å². The number of rotatable bonds is 3. The molecule has 0 radical (unpaired) electrons. The van der Waals surface area contributed by atoms with Gasteiger partial charge in [-0.1, -0.05) is 12.1 Å². The Kier molecular flexibility index (Phi) is 4.06. The van der Waals surface area contributed by atoms with Crippen molar-refractivity contribution in [3.63, 3.8) is 0 Å². The van der Waals surface area contributed by atoms with Crippen LogP contribution < -0.4 is 10.6 Å². The maximum atomic E-state index is 13.8. The summed E-state index contributed by atoms with van der Waals surface area (Å²) in [5.74, 6) is -2.08. The Morgan fingerprint density at radius 1 is 1.35 bits per heavy atom. The number of likely N-dealkylation sites (tertiary alicyclic amines) is 1. The molecule has 2 heterocycles. The first-order valence-electron chi connectivity index (χ1n) is 7.69. The van der Waals surface area contributed by atoms with Crippen LogP contribution >= 0.6 is 0 Å². The first-order valence-corrected chi connectivity index (χ1v) is 7.69. The van der Waals surface area contributed by atoms with Crippen LogP contribution in [0.5, 0.6) is 0 Å². The molecule has 7 heteroatoms. The second-order valence-corrected chi connectivity index (χ2v) is 6.40. The van der Waals surface area contributed by atoms with E-state index in [1.165, 1.54) is 6.07 Å². The summed E-state index contributed by atoms with van der Waals surface area (Å²) < 4.78 is 27.1. The Morgan fingerprint density at radius 3 is 2.83 bits per heavy atom. The number of carbonyl (C=O) groups is 2. The fourth-order valence-corrected chi connectivity index (χ4v) is 3.43. The summed E-state index contributed by atoms with van der Waals surface area (Å²) in [7, 11) is 0. The summed E-state index contributed by atoms with van der Waals surface area (Å²) in [5, 5.41) is 4.96. The normalized spacial score (nSPS) is 28.6. The highest BCUT2D eigenvalue weighted by atomic mass is 19.2. The van der Waals surface area contributed by atoms with Crippen LogP contribution in [0.15, 0.2) is 18.2 Å². The van der Waals surface area contributed by atoms with E-state index in [9.17, 15) is 18.4 Å². The van der Waals surface area contributed by atoms with Gasteiger partial charge >= 0.3 is 6.03 Å². The minimum atomic E-state index is -0.948. The molecule has 3 rings (SSSR count). The van der Waals surface area contributed by atoms with Crippen molar-refractivity contribution >= 4 is 11.9 Å². The number of halogens is 2. The van der Waals surface area contributed by atoms with Gasteiger partial charge in [-0.3, -0.25) is 15.0 Å². The molecule has 124 valence electrons. The van der Waals surface area contributed by atoms with Crippen LogP contribution in [0.25, 0.3) is 0 Å².